The first-order valence-corrected chi connectivity index (χ1v) is 9.45. The molecule has 0 aliphatic carbocycles. The molecule has 0 heterocycles. The number of rotatable bonds is 8. The summed E-state index contributed by atoms with van der Waals surface area (Å²) in [7, 11) is -2.60. The Kier molecular flexibility index (Phi) is 8.48. The Hall–Kier alpha value is 0.827. The van der Waals surface area contributed by atoms with Crippen LogP contribution in [0.5, 0.6) is 0 Å². The van der Waals surface area contributed by atoms with E-state index in [1.807, 2.05) is 41.5 Å². The van der Waals surface area contributed by atoms with Crippen molar-refractivity contribution in [3.8, 4) is 0 Å². The summed E-state index contributed by atoms with van der Waals surface area (Å²) in [6.45, 7) is 14.4. The van der Waals surface area contributed by atoms with Gasteiger partial charge in [-0.15, -0.1) is 0 Å². The zero-order valence-electron chi connectivity index (χ0n) is 12.1. The van der Waals surface area contributed by atoms with E-state index in [1.54, 1.807) is 0 Å². The fourth-order valence-corrected chi connectivity index (χ4v) is 5.94. The lowest BCUT2D eigenvalue weighted by atomic mass is 10.5. The molecular formula is C12H27IO3Si. The summed E-state index contributed by atoms with van der Waals surface area (Å²) >= 11 is 2.41. The van der Waals surface area contributed by atoms with Gasteiger partial charge in [-0.05, 0) is 48.0 Å². The van der Waals surface area contributed by atoms with E-state index >= 15 is 0 Å². The van der Waals surface area contributed by atoms with Crippen LogP contribution in [0.15, 0.2) is 0 Å². The minimum absolute atomic E-state index is 0.128. The fraction of sp³-hybridized carbons (Fsp3) is 1.00. The first-order chi connectivity index (χ1) is 7.73. The Morgan fingerprint density at radius 3 is 1.29 bits per heavy atom. The van der Waals surface area contributed by atoms with Crippen LogP contribution in [-0.4, -0.2) is 30.7 Å². The molecule has 1 unspecified atom stereocenters. The molecule has 1 atom stereocenters. The molecule has 104 valence electrons. The number of halogens is 1. The van der Waals surface area contributed by atoms with Crippen molar-refractivity contribution in [3.05, 3.63) is 0 Å². The van der Waals surface area contributed by atoms with Gasteiger partial charge in [0.15, 0.2) is 0 Å². The summed E-state index contributed by atoms with van der Waals surface area (Å²) in [4.78, 5) is 0. The van der Waals surface area contributed by atoms with Crippen molar-refractivity contribution in [3.63, 3.8) is 0 Å². The molecule has 3 nitrogen and oxygen atoms in total. The second-order valence-electron chi connectivity index (χ2n) is 4.98. The minimum Gasteiger partial charge on any atom is -0.370 e. The lowest BCUT2D eigenvalue weighted by Gasteiger charge is -2.37. The van der Waals surface area contributed by atoms with Crippen molar-refractivity contribution in [1.82, 2.24) is 0 Å². The van der Waals surface area contributed by atoms with Crippen LogP contribution in [0.3, 0.4) is 0 Å². The van der Waals surface area contributed by atoms with Crippen molar-refractivity contribution < 1.29 is 13.3 Å². The van der Waals surface area contributed by atoms with Gasteiger partial charge in [-0.2, -0.15) is 0 Å². The summed E-state index contributed by atoms with van der Waals surface area (Å²) in [5.41, 5.74) is 0. The van der Waals surface area contributed by atoms with Gasteiger partial charge in [0.05, 0.1) is 3.55 Å². The van der Waals surface area contributed by atoms with Gasteiger partial charge in [-0.3, -0.25) is 0 Å². The second kappa shape index (κ2) is 8.09. The van der Waals surface area contributed by atoms with Gasteiger partial charge >= 0.3 is 8.80 Å². The van der Waals surface area contributed by atoms with E-state index in [0.29, 0.717) is 3.55 Å². The van der Waals surface area contributed by atoms with Crippen molar-refractivity contribution in [1.29, 1.82) is 0 Å². The van der Waals surface area contributed by atoms with Crippen molar-refractivity contribution in [2.75, 3.05) is 0 Å². The third-order valence-corrected chi connectivity index (χ3v) is 8.69. The zero-order chi connectivity index (χ0) is 13.6. The lowest BCUT2D eigenvalue weighted by molar-refractivity contribution is 0.00263. The van der Waals surface area contributed by atoms with Gasteiger partial charge in [0.2, 0.25) is 0 Å². The van der Waals surface area contributed by atoms with Crippen LogP contribution in [0.2, 0.25) is 0 Å². The molecule has 0 fully saturated rings. The first-order valence-electron chi connectivity index (χ1n) is 6.41. The normalized spacial score (nSPS) is 15.0. The van der Waals surface area contributed by atoms with Crippen LogP contribution >= 0.6 is 22.6 Å². The Morgan fingerprint density at radius 2 is 1.12 bits per heavy atom. The highest BCUT2D eigenvalue weighted by atomic mass is 127. The molecule has 0 saturated carbocycles. The van der Waals surface area contributed by atoms with Crippen LogP contribution in [0.4, 0.5) is 0 Å². The van der Waals surface area contributed by atoms with Gasteiger partial charge in [0.1, 0.15) is 0 Å². The molecule has 5 heteroatoms. The zero-order valence-corrected chi connectivity index (χ0v) is 15.3. The smallest absolute Gasteiger partial charge is 0.370 e. The van der Waals surface area contributed by atoms with Crippen LogP contribution in [0.1, 0.15) is 54.9 Å². The van der Waals surface area contributed by atoms with E-state index in [4.69, 9.17) is 13.3 Å². The fourth-order valence-electron chi connectivity index (χ4n) is 1.54. The molecule has 0 spiro atoms. The molecule has 0 saturated heterocycles. The van der Waals surface area contributed by atoms with E-state index < -0.39 is 8.80 Å². The highest BCUT2D eigenvalue weighted by molar-refractivity contribution is 14.1. The summed E-state index contributed by atoms with van der Waals surface area (Å²) in [6.07, 6.45) is 1.38. The highest BCUT2D eigenvalue weighted by Crippen LogP contribution is 2.28. The molecular weight excluding hydrogens is 347 g/mol. The molecule has 0 N–H and O–H groups in total. The average Bonchev–Trinajstić information content (AvgIpc) is 2.12. The molecule has 0 aromatic rings. The lowest BCUT2D eigenvalue weighted by Crippen LogP contribution is -2.57. The summed E-state index contributed by atoms with van der Waals surface area (Å²) in [6, 6.07) is 0. The maximum Gasteiger partial charge on any atom is 0.515 e. The first kappa shape index (κ1) is 17.8. The third kappa shape index (κ3) is 6.52. The topological polar surface area (TPSA) is 27.7 Å². The summed E-state index contributed by atoms with van der Waals surface area (Å²) < 4.78 is 18.6. The third-order valence-electron chi connectivity index (χ3n) is 1.94. The van der Waals surface area contributed by atoms with Crippen LogP contribution in [0.25, 0.3) is 0 Å². The monoisotopic (exact) mass is 374 g/mol. The van der Waals surface area contributed by atoms with E-state index in [0.717, 1.165) is 6.42 Å². The van der Waals surface area contributed by atoms with Gasteiger partial charge in [0, 0.05) is 18.3 Å². The van der Waals surface area contributed by atoms with E-state index in [-0.39, 0.29) is 18.3 Å². The Bertz CT molecular complexity index is 183. The average molecular weight is 374 g/mol. The van der Waals surface area contributed by atoms with E-state index in [9.17, 15) is 0 Å². The largest absolute Gasteiger partial charge is 0.515 e. The number of hydrogen-bond donors (Lipinski definition) is 0. The number of alkyl halides is 1. The highest BCUT2D eigenvalue weighted by Gasteiger charge is 2.50. The maximum absolute atomic E-state index is 6.10. The molecule has 17 heavy (non-hydrogen) atoms. The molecule has 0 aromatic heterocycles. The van der Waals surface area contributed by atoms with Crippen LogP contribution < -0.4 is 0 Å². The van der Waals surface area contributed by atoms with Crippen molar-refractivity contribution in [2.45, 2.75) is 76.7 Å². The molecule has 0 rings (SSSR count). The predicted molar refractivity (Wildman–Crippen MR) is 82.5 cm³/mol. The molecule has 0 bridgehead atoms. The Morgan fingerprint density at radius 1 is 0.824 bits per heavy atom. The van der Waals surface area contributed by atoms with Gasteiger partial charge < -0.3 is 13.3 Å². The van der Waals surface area contributed by atoms with E-state index in [1.165, 1.54) is 0 Å². The van der Waals surface area contributed by atoms with Crippen LogP contribution in [-0.2, 0) is 13.3 Å². The van der Waals surface area contributed by atoms with Gasteiger partial charge in [0.25, 0.3) is 0 Å². The SMILES string of the molecule is CCC(I)[Si](OC(C)C)(OC(C)C)OC(C)C. The maximum atomic E-state index is 6.10. The molecule has 0 amide bonds. The molecule has 0 aliphatic heterocycles. The molecule has 0 radical (unpaired) electrons. The Labute approximate surface area is 121 Å². The second-order valence-corrected chi connectivity index (χ2v) is 10.3. The summed E-state index contributed by atoms with van der Waals surface area (Å²) in [5, 5.41) is 0. The number of hydrogen-bond acceptors (Lipinski definition) is 3. The quantitative estimate of drug-likeness (QED) is 0.366. The predicted octanol–water partition coefficient (Wildman–Crippen LogP) is 3.95. The van der Waals surface area contributed by atoms with Gasteiger partial charge in [-0.25, -0.2) is 0 Å². The van der Waals surface area contributed by atoms with Gasteiger partial charge in [-0.1, -0.05) is 29.5 Å². The van der Waals surface area contributed by atoms with Crippen molar-refractivity contribution >= 4 is 31.4 Å². The standard InChI is InChI=1S/C12H27IO3Si/c1-8-12(13)17(14-9(2)3,15-10(4)5)16-11(6)7/h9-12H,8H2,1-7H3. The molecule has 0 aliphatic rings. The summed E-state index contributed by atoms with van der Waals surface area (Å²) in [5.74, 6) is 0. The Balaban J connectivity index is 5.04. The minimum atomic E-state index is -2.60. The van der Waals surface area contributed by atoms with Crippen LogP contribution in [0, 0.1) is 0 Å². The van der Waals surface area contributed by atoms with Crippen molar-refractivity contribution in [2.24, 2.45) is 0 Å². The molecule has 0 aromatic carbocycles. The van der Waals surface area contributed by atoms with E-state index in [2.05, 4.69) is 29.5 Å².